The number of hydrogen-bond donors (Lipinski definition) is 2. The SMILES string of the molecule is CN(C)CCCN1c2ccc(Cl)cc2C(c2ccccc2)=Nc2cccnc21.O=C(O)C(=O)O. The van der Waals surface area contributed by atoms with Crippen LogP contribution in [0.4, 0.5) is 17.2 Å². The second kappa shape index (κ2) is 11.4. The number of carbonyl (C=O) groups is 2. The fourth-order valence-electron chi connectivity index (χ4n) is 3.50. The van der Waals surface area contributed by atoms with Crippen molar-refractivity contribution in [2.75, 3.05) is 32.1 Å². The van der Waals surface area contributed by atoms with E-state index >= 15 is 0 Å². The number of carboxylic acids is 2. The molecule has 1 aliphatic rings. The highest BCUT2D eigenvalue weighted by Crippen LogP contribution is 2.40. The van der Waals surface area contributed by atoms with Crippen LogP contribution in [-0.4, -0.2) is 64.9 Å². The number of aliphatic imine (C=N–C) groups is 1. The average Bonchev–Trinajstić information content (AvgIpc) is 2.94. The Morgan fingerprint density at radius 3 is 2.35 bits per heavy atom. The van der Waals surface area contributed by atoms with Gasteiger partial charge in [0.05, 0.1) is 11.4 Å². The van der Waals surface area contributed by atoms with Crippen molar-refractivity contribution in [3.05, 3.63) is 83.0 Å². The van der Waals surface area contributed by atoms with Crippen molar-refractivity contribution < 1.29 is 19.8 Å². The topological polar surface area (TPSA) is 106 Å². The zero-order valence-electron chi connectivity index (χ0n) is 18.8. The maximum Gasteiger partial charge on any atom is 0.414 e. The van der Waals surface area contributed by atoms with Gasteiger partial charge in [-0.15, -0.1) is 0 Å². The standard InChI is InChI=1S/C23H23ClN4.C2H2O4/c1-27(2)14-7-15-28-21-12-11-18(24)16-19(21)22(17-8-4-3-5-9-17)26-20-10-6-13-25-23(20)28;3-1(4)2(5)6/h3-6,8-13,16H,7,14-15H2,1-2H3;(H,3,4)(H,5,6). The smallest absolute Gasteiger partial charge is 0.414 e. The third kappa shape index (κ3) is 6.18. The van der Waals surface area contributed by atoms with Gasteiger partial charge < -0.3 is 20.0 Å². The molecule has 2 aromatic carbocycles. The summed E-state index contributed by atoms with van der Waals surface area (Å²) in [5, 5.41) is 15.5. The quantitative estimate of drug-likeness (QED) is 0.519. The zero-order chi connectivity index (χ0) is 24.7. The van der Waals surface area contributed by atoms with Crippen LogP contribution in [0.15, 0.2) is 71.9 Å². The number of carboxylic acid groups (broad SMARTS) is 2. The number of anilines is 2. The lowest BCUT2D eigenvalue weighted by molar-refractivity contribution is -0.159. The first-order valence-corrected chi connectivity index (χ1v) is 10.9. The van der Waals surface area contributed by atoms with Crippen LogP contribution < -0.4 is 4.90 Å². The van der Waals surface area contributed by atoms with Crippen LogP contribution in [0.1, 0.15) is 17.5 Å². The number of benzene rings is 2. The minimum Gasteiger partial charge on any atom is -0.473 e. The summed E-state index contributed by atoms with van der Waals surface area (Å²) in [6.07, 6.45) is 2.85. The maximum atomic E-state index is 9.10. The Kier molecular flexibility index (Phi) is 8.34. The second-order valence-corrected chi connectivity index (χ2v) is 8.19. The van der Waals surface area contributed by atoms with Crippen LogP contribution in [-0.2, 0) is 9.59 Å². The minimum atomic E-state index is -1.82. The molecular formula is C25H25ClN4O4. The highest BCUT2D eigenvalue weighted by molar-refractivity contribution is 6.31. The molecule has 8 nitrogen and oxygen atoms in total. The van der Waals surface area contributed by atoms with E-state index in [-0.39, 0.29) is 0 Å². The van der Waals surface area contributed by atoms with Crippen LogP contribution in [0.2, 0.25) is 5.02 Å². The molecule has 0 spiro atoms. The van der Waals surface area contributed by atoms with Crippen molar-refractivity contribution in [3.8, 4) is 0 Å². The molecule has 0 unspecified atom stereocenters. The van der Waals surface area contributed by atoms with Gasteiger partial charge in [0.2, 0.25) is 0 Å². The molecule has 2 N–H and O–H groups in total. The van der Waals surface area contributed by atoms with E-state index in [1.54, 1.807) is 0 Å². The first-order valence-electron chi connectivity index (χ1n) is 10.6. The number of pyridine rings is 1. The molecule has 0 aliphatic carbocycles. The van der Waals surface area contributed by atoms with Crippen LogP contribution in [0.25, 0.3) is 0 Å². The minimum absolute atomic E-state index is 0.703. The summed E-state index contributed by atoms with van der Waals surface area (Å²) in [5.41, 5.74) is 4.97. The Morgan fingerprint density at radius 2 is 1.71 bits per heavy atom. The van der Waals surface area contributed by atoms with Gasteiger partial charge in [0.15, 0.2) is 5.82 Å². The van der Waals surface area contributed by atoms with Crippen LogP contribution in [0.3, 0.4) is 0 Å². The van der Waals surface area contributed by atoms with Crippen molar-refractivity contribution >= 4 is 46.4 Å². The lowest BCUT2D eigenvalue weighted by atomic mass is 10.00. The van der Waals surface area contributed by atoms with E-state index in [0.29, 0.717) is 5.02 Å². The molecule has 0 fully saturated rings. The molecule has 1 aromatic heterocycles. The predicted octanol–water partition coefficient (Wildman–Crippen LogP) is 4.46. The largest absolute Gasteiger partial charge is 0.473 e. The summed E-state index contributed by atoms with van der Waals surface area (Å²) in [4.78, 5) is 32.4. The normalized spacial score (nSPS) is 12.0. The van der Waals surface area contributed by atoms with Crippen molar-refractivity contribution in [3.63, 3.8) is 0 Å². The van der Waals surface area contributed by atoms with Gasteiger partial charge in [-0.2, -0.15) is 0 Å². The monoisotopic (exact) mass is 480 g/mol. The van der Waals surface area contributed by atoms with E-state index in [0.717, 1.165) is 53.5 Å². The number of aliphatic carboxylic acids is 2. The molecule has 0 amide bonds. The first kappa shape index (κ1) is 24.9. The van der Waals surface area contributed by atoms with Crippen LogP contribution >= 0.6 is 11.6 Å². The number of nitrogens with zero attached hydrogens (tertiary/aromatic N) is 4. The number of halogens is 1. The summed E-state index contributed by atoms with van der Waals surface area (Å²) in [6, 6.07) is 20.2. The van der Waals surface area contributed by atoms with E-state index < -0.39 is 11.9 Å². The molecule has 4 rings (SSSR count). The van der Waals surface area contributed by atoms with Crippen molar-refractivity contribution in [2.24, 2.45) is 4.99 Å². The van der Waals surface area contributed by atoms with Gasteiger partial charge in [-0.25, -0.2) is 19.6 Å². The van der Waals surface area contributed by atoms with Crippen LogP contribution in [0.5, 0.6) is 0 Å². The second-order valence-electron chi connectivity index (χ2n) is 7.75. The van der Waals surface area contributed by atoms with E-state index in [9.17, 15) is 0 Å². The molecule has 3 aromatic rings. The Labute approximate surface area is 202 Å². The molecule has 9 heteroatoms. The fourth-order valence-corrected chi connectivity index (χ4v) is 3.67. The van der Waals surface area contributed by atoms with Gasteiger partial charge in [0.25, 0.3) is 0 Å². The van der Waals surface area contributed by atoms with Gasteiger partial charge in [0, 0.05) is 28.9 Å². The number of aromatic nitrogens is 1. The van der Waals surface area contributed by atoms with Gasteiger partial charge in [-0.1, -0.05) is 41.9 Å². The zero-order valence-corrected chi connectivity index (χ0v) is 19.6. The number of rotatable bonds is 5. The van der Waals surface area contributed by atoms with E-state index in [1.165, 1.54) is 0 Å². The van der Waals surface area contributed by atoms with Gasteiger partial charge >= 0.3 is 11.9 Å². The van der Waals surface area contributed by atoms with Crippen molar-refractivity contribution in [1.29, 1.82) is 0 Å². The van der Waals surface area contributed by atoms with E-state index in [1.807, 2.05) is 48.7 Å². The third-order valence-electron chi connectivity index (χ3n) is 4.98. The number of fused-ring (bicyclic) bond motifs is 2. The Balaban J connectivity index is 0.000000481. The lowest BCUT2D eigenvalue weighted by Gasteiger charge is -2.26. The average molecular weight is 481 g/mol. The summed E-state index contributed by atoms with van der Waals surface area (Å²) in [7, 11) is 4.19. The van der Waals surface area contributed by atoms with Crippen LogP contribution in [0, 0.1) is 0 Å². The van der Waals surface area contributed by atoms with Gasteiger partial charge in [-0.05, 0) is 57.4 Å². The molecular weight excluding hydrogens is 456 g/mol. The van der Waals surface area contributed by atoms with Crippen molar-refractivity contribution in [2.45, 2.75) is 6.42 Å². The third-order valence-corrected chi connectivity index (χ3v) is 5.21. The molecule has 176 valence electrons. The maximum absolute atomic E-state index is 9.10. The molecule has 34 heavy (non-hydrogen) atoms. The molecule has 0 saturated heterocycles. The highest BCUT2D eigenvalue weighted by atomic mass is 35.5. The molecule has 0 radical (unpaired) electrons. The summed E-state index contributed by atoms with van der Waals surface area (Å²) in [6.45, 7) is 1.86. The Morgan fingerprint density at radius 1 is 1.00 bits per heavy atom. The summed E-state index contributed by atoms with van der Waals surface area (Å²) >= 11 is 6.39. The molecule has 2 heterocycles. The lowest BCUT2D eigenvalue weighted by Crippen LogP contribution is -2.24. The number of hydrogen-bond acceptors (Lipinski definition) is 6. The molecule has 1 aliphatic heterocycles. The molecule has 0 saturated carbocycles. The van der Waals surface area contributed by atoms with E-state index in [4.69, 9.17) is 36.4 Å². The van der Waals surface area contributed by atoms with Gasteiger partial charge in [-0.3, -0.25) is 0 Å². The van der Waals surface area contributed by atoms with Gasteiger partial charge in [0.1, 0.15) is 5.69 Å². The first-order chi connectivity index (χ1) is 16.3. The fraction of sp³-hybridized carbons (Fsp3) is 0.200. The van der Waals surface area contributed by atoms with Crippen molar-refractivity contribution in [1.82, 2.24) is 9.88 Å². The molecule has 0 atom stereocenters. The van der Waals surface area contributed by atoms with E-state index in [2.05, 4.69) is 47.1 Å². The molecule has 0 bridgehead atoms. The summed E-state index contributed by atoms with van der Waals surface area (Å²) in [5.74, 6) is -2.76. The highest BCUT2D eigenvalue weighted by Gasteiger charge is 2.25. The summed E-state index contributed by atoms with van der Waals surface area (Å²) < 4.78 is 0. The predicted molar refractivity (Wildman–Crippen MR) is 133 cm³/mol. The Bertz CT molecular complexity index is 1190. The Hall–Kier alpha value is -3.75.